The number of unbranched alkanes of at least 4 members (excludes halogenated alkanes) is 7. The summed E-state index contributed by atoms with van der Waals surface area (Å²) in [6.45, 7) is 3.94. The molecule has 0 aromatic heterocycles. The van der Waals surface area contributed by atoms with E-state index in [-0.39, 0.29) is 66.3 Å². The molecular formula is C38H71BClN5O17S6+. The Balaban J connectivity index is -0.000000249. The van der Waals surface area contributed by atoms with Crippen LogP contribution in [0, 0.1) is 25.2 Å². The summed E-state index contributed by atoms with van der Waals surface area (Å²) in [5, 5.41) is 24.8. The second-order valence-electron chi connectivity index (χ2n) is 13.7. The van der Waals surface area contributed by atoms with Gasteiger partial charge in [-0.1, -0.05) is 48.2 Å². The van der Waals surface area contributed by atoms with Crippen molar-refractivity contribution in [3.05, 3.63) is 59.7 Å². The lowest BCUT2D eigenvalue weighted by molar-refractivity contribution is -0.137. The van der Waals surface area contributed by atoms with E-state index in [0.717, 1.165) is 17.5 Å². The van der Waals surface area contributed by atoms with Crippen molar-refractivity contribution in [2.45, 2.75) is 101 Å². The third-order valence-corrected chi connectivity index (χ3v) is 16.7. The number of carboxylic acid groups (broad SMARTS) is 1. The molecule has 0 atom stereocenters. The second kappa shape index (κ2) is 39.8. The number of aliphatic carboxylic acids is 1. The fourth-order valence-corrected chi connectivity index (χ4v) is 9.13. The van der Waals surface area contributed by atoms with Crippen LogP contribution >= 0.6 is 10.7 Å². The van der Waals surface area contributed by atoms with Crippen molar-refractivity contribution in [2.24, 2.45) is 0 Å². The molecule has 0 amide bonds. The standard InChI is InChI=1S/C13H21NO5S2.C7H7ClO2S.C6H12N2O2S.C6H13NO4S.C6H15NO3S.B.H2O/c1-12-6-8-13(9-7-12)21(17,18)19-10-4-3-5-11-20(15,16)14-2;1-6-2-4-7(5-3-6)11(8,9)10;1-8-11(9,10)6-4-2-3-5-7;1-7-12(10,11)5-3-2-4-6(8)9;1-7-11(9,10)6-4-2-3-5-8;;/h6-9,14H,3-5,10-11H2,1-2H3;2-5H,1H3;8H,2-4,6H2,1H3;7H,2-5H2,1H3,(H,8,9);7-8H,2-6H2,1H3;;1H2/p+1. The van der Waals surface area contributed by atoms with E-state index in [1.807, 2.05) is 19.9 Å². The monoisotopic (exact) mass is 1110 g/mol. The smallest absolute Gasteiger partial charge is 0.303 e. The van der Waals surface area contributed by atoms with Gasteiger partial charge in [-0.25, -0.2) is 61.0 Å². The summed E-state index contributed by atoms with van der Waals surface area (Å²) in [5.74, 6) is -0.587. The predicted octanol–water partition coefficient (Wildman–Crippen LogP) is 1.76. The van der Waals surface area contributed by atoms with Gasteiger partial charge >= 0.3 is 5.97 Å². The Morgan fingerprint density at radius 1 is 0.574 bits per heavy atom. The molecule has 0 aliphatic rings. The largest absolute Gasteiger partial charge is 0.481 e. The van der Waals surface area contributed by atoms with E-state index in [9.17, 15) is 55.3 Å². The second-order valence-corrected chi connectivity index (χ2v) is 26.1. The van der Waals surface area contributed by atoms with Gasteiger partial charge in [0.25, 0.3) is 19.2 Å². The van der Waals surface area contributed by atoms with Gasteiger partial charge in [-0.05, 0) is 118 Å². The number of rotatable bonds is 27. The van der Waals surface area contributed by atoms with Crippen LogP contribution < -0.4 is 18.9 Å². The zero-order valence-electron chi connectivity index (χ0n) is 39.4. The maximum Gasteiger partial charge on any atom is 0.303 e. The van der Waals surface area contributed by atoms with E-state index in [2.05, 4.69) is 18.9 Å². The van der Waals surface area contributed by atoms with Crippen LogP contribution in [-0.4, -0.2) is 140 Å². The zero-order valence-corrected chi connectivity index (χ0v) is 45.0. The number of aryl methyl sites for hydroxylation is 2. The minimum absolute atomic E-state index is 0. The first-order valence-corrected chi connectivity index (χ1v) is 30.6. The maximum absolute atomic E-state index is 11.9. The Morgan fingerprint density at radius 2 is 0.912 bits per heavy atom. The molecule has 22 nitrogen and oxygen atoms in total. The summed E-state index contributed by atoms with van der Waals surface area (Å²) in [6.07, 6.45) is 6.05. The number of hydrogen-bond acceptors (Lipinski definition) is 16. The van der Waals surface area contributed by atoms with Crippen LogP contribution in [0.25, 0.3) is 0 Å². The topological polar surface area (TPSA) is 377 Å². The molecule has 2 aromatic rings. The molecule has 30 heteroatoms. The average Bonchev–Trinajstić information content (AvgIpc) is 3.25. The van der Waals surface area contributed by atoms with Crippen LogP contribution in [0.4, 0.5) is 0 Å². The van der Waals surface area contributed by atoms with Crippen molar-refractivity contribution in [1.29, 1.82) is 5.26 Å². The van der Waals surface area contributed by atoms with Gasteiger partial charge in [0.15, 0.2) is 0 Å². The quantitative estimate of drug-likeness (QED) is 0.0244. The summed E-state index contributed by atoms with van der Waals surface area (Å²) < 4.78 is 146. The van der Waals surface area contributed by atoms with Crippen LogP contribution in [-0.2, 0) is 73.7 Å². The first kappa shape index (κ1) is 74.1. The normalized spacial score (nSPS) is 11.4. The molecule has 0 bridgehead atoms. The Kier molecular flexibility index (Phi) is 43.4. The van der Waals surface area contributed by atoms with Crippen molar-refractivity contribution in [2.75, 3.05) is 64.4 Å². The lowest BCUT2D eigenvalue weighted by Crippen LogP contribution is -2.21. The molecule has 0 saturated heterocycles. The Morgan fingerprint density at radius 3 is 1.24 bits per heavy atom. The Labute approximate surface area is 412 Å². The maximum atomic E-state index is 11.9. The summed E-state index contributed by atoms with van der Waals surface area (Å²) in [4.78, 5) is 10.3. The lowest BCUT2D eigenvalue weighted by Gasteiger charge is -2.06. The molecule has 0 aliphatic heterocycles. The Bertz CT molecular complexity index is 2370. The SMILES string of the molecule is CNS(=O)(=O)CCCCC#N.CNS(=O)(=O)CCCCC(=O)O.CNS(=O)(=O)CCCCCO.CNS(=O)(=O)CCCCCOS(=O)(=O)c1ccc(C)cc1.Cc1ccc(S(=O)(=O)Cl)cc1.[B].[OH3+]. The Hall–Kier alpha value is -2.83. The molecule has 0 fully saturated rings. The molecule has 2 rings (SSSR count). The number of sulfonamides is 4. The highest BCUT2D eigenvalue weighted by molar-refractivity contribution is 8.13. The van der Waals surface area contributed by atoms with Crippen molar-refractivity contribution in [1.82, 2.24) is 18.9 Å². The molecule has 68 heavy (non-hydrogen) atoms. The molecule has 3 radical (unpaired) electrons. The number of nitrogens with one attached hydrogen (secondary N) is 4. The molecule has 9 N–H and O–H groups in total. The van der Waals surface area contributed by atoms with E-state index >= 15 is 0 Å². The van der Waals surface area contributed by atoms with Crippen molar-refractivity contribution >= 4 is 84.3 Å². The van der Waals surface area contributed by atoms with Gasteiger partial charge in [0.2, 0.25) is 40.1 Å². The van der Waals surface area contributed by atoms with E-state index in [1.165, 1.54) is 52.5 Å². The summed E-state index contributed by atoms with van der Waals surface area (Å²) in [5.41, 5.74) is 1.98. The lowest BCUT2D eigenvalue weighted by atomic mass is 10.2. The van der Waals surface area contributed by atoms with Gasteiger partial charge in [-0.3, -0.25) is 8.98 Å². The number of aliphatic hydroxyl groups is 1. The summed E-state index contributed by atoms with van der Waals surface area (Å²) >= 11 is 0. The summed E-state index contributed by atoms with van der Waals surface area (Å²) in [6, 6.07) is 14.8. The van der Waals surface area contributed by atoms with Crippen molar-refractivity contribution < 1.29 is 75.2 Å². The van der Waals surface area contributed by atoms with E-state index in [0.29, 0.717) is 64.2 Å². The van der Waals surface area contributed by atoms with Gasteiger partial charge < -0.3 is 15.7 Å². The third-order valence-electron chi connectivity index (χ3n) is 8.23. The van der Waals surface area contributed by atoms with E-state index in [1.54, 1.807) is 24.3 Å². The van der Waals surface area contributed by atoms with Gasteiger partial charge in [0.1, 0.15) is 0 Å². The number of hydrogen-bond donors (Lipinski definition) is 6. The number of halogens is 1. The molecule has 0 heterocycles. The van der Waals surface area contributed by atoms with E-state index in [4.69, 9.17) is 30.3 Å². The fraction of sp³-hybridized carbons (Fsp3) is 0.632. The van der Waals surface area contributed by atoms with Gasteiger partial charge in [0.05, 0.1) is 45.5 Å². The number of aliphatic hydroxyl groups excluding tert-OH is 1. The zero-order chi connectivity index (χ0) is 51.5. The molecule has 0 saturated carbocycles. The predicted molar refractivity (Wildman–Crippen MR) is 266 cm³/mol. The number of nitriles is 1. The highest BCUT2D eigenvalue weighted by Crippen LogP contribution is 2.15. The summed E-state index contributed by atoms with van der Waals surface area (Å²) in [7, 11) is -9.13. The number of nitrogens with zero attached hydrogens (tertiary/aromatic N) is 1. The number of carbonyl (C=O) groups is 1. The molecular weight excluding hydrogens is 1040 g/mol. The van der Waals surface area contributed by atoms with Crippen molar-refractivity contribution in [3.8, 4) is 6.07 Å². The third kappa shape index (κ3) is 44.4. The van der Waals surface area contributed by atoms with Crippen molar-refractivity contribution in [3.63, 3.8) is 0 Å². The molecule has 2 aromatic carbocycles. The molecule has 395 valence electrons. The van der Waals surface area contributed by atoms with Gasteiger partial charge in [-0.15, -0.1) is 0 Å². The van der Waals surface area contributed by atoms with Crippen LogP contribution in [0.15, 0.2) is 58.3 Å². The van der Waals surface area contributed by atoms with Crippen LogP contribution in [0.2, 0.25) is 0 Å². The minimum Gasteiger partial charge on any atom is -0.481 e. The van der Waals surface area contributed by atoms with E-state index < -0.39 is 65.2 Å². The van der Waals surface area contributed by atoms with Gasteiger partial charge in [0, 0.05) is 38.5 Å². The number of benzene rings is 2. The van der Waals surface area contributed by atoms with Gasteiger partial charge in [-0.2, -0.15) is 13.7 Å². The van der Waals surface area contributed by atoms with Crippen LogP contribution in [0.3, 0.4) is 0 Å². The van der Waals surface area contributed by atoms with Crippen LogP contribution in [0.5, 0.6) is 0 Å². The fourth-order valence-electron chi connectivity index (χ4n) is 4.27. The first-order valence-electron chi connectivity index (χ1n) is 20.3. The number of carboxylic acids is 1. The molecule has 0 aliphatic carbocycles. The first-order chi connectivity index (χ1) is 30.5. The highest BCUT2D eigenvalue weighted by atomic mass is 35.7. The molecule has 0 unspecified atom stereocenters. The highest BCUT2D eigenvalue weighted by Gasteiger charge is 2.15. The molecule has 0 spiro atoms. The van der Waals surface area contributed by atoms with Crippen LogP contribution in [0.1, 0.15) is 88.2 Å². The average molecular weight is 1110 g/mol. The minimum atomic E-state index is -3.73.